The van der Waals surface area contributed by atoms with Crippen LogP contribution in [0.5, 0.6) is 5.75 Å². The average molecular weight is 229 g/mol. The lowest BCUT2D eigenvalue weighted by molar-refractivity contribution is 0.166. The molecule has 1 aromatic heterocycles. The first-order valence-corrected chi connectivity index (χ1v) is 4.01. The van der Waals surface area contributed by atoms with Crippen molar-refractivity contribution in [2.75, 3.05) is 0 Å². The maximum Gasteiger partial charge on any atom is 0.294 e. The zero-order valence-corrected chi connectivity index (χ0v) is 8.65. The van der Waals surface area contributed by atoms with Crippen LogP contribution in [-0.2, 0) is 0 Å². The molecule has 0 radical (unpaired) electrons. The van der Waals surface area contributed by atoms with Crippen molar-refractivity contribution in [2.45, 2.75) is 6.92 Å². The Balaban J connectivity index is 0.00000112. The SMILES string of the molecule is Cc1nc2ccc(O)cc2c(=O)n1O.Cl. The number of aryl methyl sites for hydroxylation is 1. The Labute approximate surface area is 91.0 Å². The smallest absolute Gasteiger partial charge is 0.294 e. The number of aromatic nitrogens is 2. The Morgan fingerprint density at radius 3 is 2.73 bits per heavy atom. The Morgan fingerprint density at radius 1 is 1.40 bits per heavy atom. The number of fused-ring (bicyclic) bond motifs is 1. The Bertz CT molecular complexity index is 565. The van der Waals surface area contributed by atoms with Crippen LogP contribution in [0.3, 0.4) is 0 Å². The highest BCUT2D eigenvalue weighted by Gasteiger charge is 2.06. The van der Waals surface area contributed by atoms with Crippen molar-refractivity contribution >= 4 is 23.3 Å². The summed E-state index contributed by atoms with van der Waals surface area (Å²) in [5.74, 6) is 0.188. The summed E-state index contributed by atoms with van der Waals surface area (Å²) < 4.78 is 0.460. The van der Waals surface area contributed by atoms with Gasteiger partial charge in [0.15, 0.2) is 0 Å². The predicted molar refractivity (Wildman–Crippen MR) is 56.8 cm³/mol. The second-order valence-electron chi connectivity index (χ2n) is 2.98. The second-order valence-corrected chi connectivity index (χ2v) is 2.98. The van der Waals surface area contributed by atoms with E-state index in [0.29, 0.717) is 10.2 Å². The summed E-state index contributed by atoms with van der Waals surface area (Å²) >= 11 is 0. The molecule has 2 N–H and O–H groups in total. The minimum atomic E-state index is -0.580. The molecule has 0 unspecified atom stereocenters. The van der Waals surface area contributed by atoms with Crippen LogP contribution in [0.2, 0.25) is 0 Å². The van der Waals surface area contributed by atoms with Gasteiger partial charge >= 0.3 is 0 Å². The van der Waals surface area contributed by atoms with Crippen molar-refractivity contribution in [1.29, 1.82) is 0 Å². The van der Waals surface area contributed by atoms with Crippen LogP contribution in [-0.4, -0.2) is 20.0 Å². The Hall–Kier alpha value is -1.75. The summed E-state index contributed by atoms with van der Waals surface area (Å²) in [7, 11) is 0. The van der Waals surface area contributed by atoms with Gasteiger partial charge in [-0.15, -0.1) is 17.1 Å². The monoisotopic (exact) mass is 228 g/mol. The number of nitrogens with zero attached hydrogens (tertiary/aromatic N) is 2. The van der Waals surface area contributed by atoms with Crippen LogP contribution < -0.4 is 5.56 Å². The van der Waals surface area contributed by atoms with Crippen molar-refractivity contribution in [1.82, 2.24) is 9.71 Å². The minimum absolute atomic E-state index is 0. The van der Waals surface area contributed by atoms with Gasteiger partial charge in [0.1, 0.15) is 11.6 Å². The molecule has 0 fully saturated rings. The molecule has 1 heterocycles. The molecule has 0 aliphatic heterocycles. The van der Waals surface area contributed by atoms with E-state index in [-0.39, 0.29) is 29.4 Å². The lowest BCUT2D eigenvalue weighted by Crippen LogP contribution is -2.21. The van der Waals surface area contributed by atoms with Gasteiger partial charge in [0.25, 0.3) is 5.56 Å². The molecule has 0 amide bonds. The molecule has 5 nitrogen and oxygen atoms in total. The molecule has 0 saturated carbocycles. The van der Waals surface area contributed by atoms with Crippen molar-refractivity contribution < 1.29 is 10.3 Å². The Kier molecular flexibility index (Phi) is 2.85. The third-order valence-corrected chi connectivity index (χ3v) is 1.99. The van der Waals surface area contributed by atoms with E-state index in [1.165, 1.54) is 25.1 Å². The molecule has 15 heavy (non-hydrogen) atoms. The van der Waals surface area contributed by atoms with Gasteiger partial charge in [-0.25, -0.2) is 4.98 Å². The molecule has 80 valence electrons. The summed E-state index contributed by atoms with van der Waals surface area (Å²) in [5.41, 5.74) is -0.126. The van der Waals surface area contributed by atoms with Gasteiger partial charge in [-0.05, 0) is 25.1 Å². The number of phenols is 1. The molecule has 2 rings (SSSR count). The quantitative estimate of drug-likeness (QED) is 0.662. The van der Waals surface area contributed by atoms with E-state index in [1.807, 2.05) is 0 Å². The number of phenolic OH excluding ortho intramolecular Hbond substituents is 1. The fraction of sp³-hybridized carbons (Fsp3) is 0.111. The average Bonchev–Trinajstić information content (AvgIpc) is 2.16. The van der Waals surface area contributed by atoms with E-state index < -0.39 is 5.56 Å². The molecule has 0 saturated heterocycles. The number of hydrogen-bond acceptors (Lipinski definition) is 4. The Morgan fingerprint density at radius 2 is 2.07 bits per heavy atom. The van der Waals surface area contributed by atoms with Crippen molar-refractivity contribution in [3.8, 4) is 5.75 Å². The highest BCUT2D eigenvalue weighted by Crippen LogP contribution is 2.14. The molecule has 2 aromatic rings. The zero-order chi connectivity index (χ0) is 10.3. The summed E-state index contributed by atoms with van der Waals surface area (Å²) in [5, 5.41) is 18.6. The lowest BCUT2D eigenvalue weighted by Gasteiger charge is -2.03. The van der Waals surface area contributed by atoms with Gasteiger partial charge in [0, 0.05) is 0 Å². The molecule has 6 heteroatoms. The number of rotatable bonds is 0. The van der Waals surface area contributed by atoms with Crippen LogP contribution in [0.25, 0.3) is 10.9 Å². The van der Waals surface area contributed by atoms with Gasteiger partial charge in [-0.1, -0.05) is 0 Å². The van der Waals surface area contributed by atoms with E-state index in [4.69, 9.17) is 5.11 Å². The fourth-order valence-corrected chi connectivity index (χ4v) is 1.28. The molecule has 1 aromatic carbocycles. The summed E-state index contributed by atoms with van der Waals surface area (Å²) in [6.45, 7) is 1.52. The van der Waals surface area contributed by atoms with E-state index in [1.54, 1.807) is 0 Å². The summed E-state index contributed by atoms with van der Waals surface area (Å²) in [6.07, 6.45) is 0. The number of benzene rings is 1. The van der Waals surface area contributed by atoms with Crippen LogP contribution in [0.15, 0.2) is 23.0 Å². The van der Waals surface area contributed by atoms with Crippen LogP contribution >= 0.6 is 12.4 Å². The topological polar surface area (TPSA) is 75.4 Å². The standard InChI is InChI=1S/C9H8N2O3.ClH/c1-5-10-8-3-2-6(12)4-7(8)9(13)11(5)14;/h2-4,12,14H,1H3;1H. The van der Waals surface area contributed by atoms with Crippen LogP contribution in [0, 0.1) is 6.92 Å². The molecular formula is C9H9ClN2O3. The van der Waals surface area contributed by atoms with Gasteiger partial charge in [0.2, 0.25) is 0 Å². The first-order valence-electron chi connectivity index (χ1n) is 4.01. The van der Waals surface area contributed by atoms with Crippen molar-refractivity contribution in [2.24, 2.45) is 0 Å². The third kappa shape index (κ3) is 1.73. The van der Waals surface area contributed by atoms with E-state index >= 15 is 0 Å². The number of aromatic hydroxyl groups is 1. The zero-order valence-electron chi connectivity index (χ0n) is 7.84. The molecule has 0 bridgehead atoms. The molecular weight excluding hydrogens is 220 g/mol. The summed E-state index contributed by atoms with van der Waals surface area (Å²) in [6, 6.07) is 4.24. The van der Waals surface area contributed by atoms with Crippen LogP contribution in [0.1, 0.15) is 5.82 Å². The predicted octanol–water partition coefficient (Wildman–Crippen LogP) is 1.07. The normalized spacial score (nSPS) is 9.93. The van der Waals surface area contributed by atoms with Gasteiger partial charge in [0.05, 0.1) is 10.9 Å². The molecule has 0 atom stereocenters. The second kappa shape index (κ2) is 3.78. The molecule has 0 spiro atoms. The number of hydrogen-bond donors (Lipinski definition) is 2. The largest absolute Gasteiger partial charge is 0.508 e. The minimum Gasteiger partial charge on any atom is -0.508 e. The highest BCUT2D eigenvalue weighted by molar-refractivity contribution is 5.85. The molecule has 0 aliphatic carbocycles. The lowest BCUT2D eigenvalue weighted by atomic mass is 10.2. The van der Waals surface area contributed by atoms with Gasteiger partial charge in [-0.3, -0.25) is 4.79 Å². The van der Waals surface area contributed by atoms with Gasteiger partial charge < -0.3 is 10.3 Å². The fourth-order valence-electron chi connectivity index (χ4n) is 1.28. The first-order chi connectivity index (χ1) is 6.59. The number of halogens is 1. The van der Waals surface area contributed by atoms with E-state index in [2.05, 4.69) is 4.98 Å². The third-order valence-electron chi connectivity index (χ3n) is 1.99. The van der Waals surface area contributed by atoms with Crippen molar-refractivity contribution in [3.05, 3.63) is 34.4 Å². The van der Waals surface area contributed by atoms with E-state index in [9.17, 15) is 10.0 Å². The van der Waals surface area contributed by atoms with Gasteiger partial charge in [-0.2, -0.15) is 0 Å². The summed E-state index contributed by atoms with van der Waals surface area (Å²) in [4.78, 5) is 15.4. The van der Waals surface area contributed by atoms with E-state index in [0.717, 1.165) is 0 Å². The van der Waals surface area contributed by atoms with Crippen molar-refractivity contribution in [3.63, 3.8) is 0 Å². The van der Waals surface area contributed by atoms with Crippen LogP contribution in [0.4, 0.5) is 0 Å². The maximum absolute atomic E-state index is 11.5. The maximum atomic E-state index is 11.5. The molecule has 0 aliphatic rings. The highest BCUT2D eigenvalue weighted by atomic mass is 35.5. The first kappa shape index (κ1) is 11.3.